The molecule has 5 heteroatoms. The predicted molar refractivity (Wildman–Crippen MR) is 71.6 cm³/mol. The van der Waals surface area contributed by atoms with Crippen LogP contribution < -0.4 is 0 Å². The van der Waals surface area contributed by atoms with Gasteiger partial charge in [-0.3, -0.25) is 0 Å². The Morgan fingerprint density at radius 3 is 2.74 bits per heavy atom. The smallest absolute Gasteiger partial charge is 0.337 e. The van der Waals surface area contributed by atoms with E-state index < -0.39 is 5.97 Å². The van der Waals surface area contributed by atoms with Gasteiger partial charge >= 0.3 is 5.97 Å². The first-order chi connectivity index (χ1) is 9.22. The van der Waals surface area contributed by atoms with E-state index in [0.717, 1.165) is 22.9 Å². The molecule has 1 N–H and O–H groups in total. The molecule has 0 fully saturated rings. The van der Waals surface area contributed by atoms with Gasteiger partial charge in [0.1, 0.15) is 10.1 Å². The molecule has 0 aromatic carbocycles. The maximum atomic E-state index is 10.7. The SMILES string of the molecule is O=C(O)c1ccc(Sc2ccc3c(n2)CCC3)nc1. The Hall–Kier alpha value is -1.88. The highest BCUT2D eigenvalue weighted by Crippen LogP contribution is 2.28. The number of nitrogens with zero attached hydrogens (tertiary/aromatic N) is 2. The lowest BCUT2D eigenvalue weighted by Crippen LogP contribution is -1.97. The van der Waals surface area contributed by atoms with E-state index in [-0.39, 0.29) is 5.56 Å². The van der Waals surface area contributed by atoms with E-state index in [1.54, 1.807) is 12.1 Å². The average molecular weight is 272 g/mol. The summed E-state index contributed by atoms with van der Waals surface area (Å²) in [7, 11) is 0. The summed E-state index contributed by atoms with van der Waals surface area (Å²) in [4.78, 5) is 19.5. The Morgan fingerprint density at radius 1 is 1.16 bits per heavy atom. The van der Waals surface area contributed by atoms with Gasteiger partial charge in [0.05, 0.1) is 5.56 Å². The molecule has 2 aromatic heterocycles. The lowest BCUT2D eigenvalue weighted by molar-refractivity contribution is 0.0696. The summed E-state index contributed by atoms with van der Waals surface area (Å²) in [6.45, 7) is 0. The Balaban J connectivity index is 1.79. The molecule has 0 unspecified atom stereocenters. The van der Waals surface area contributed by atoms with Crippen molar-refractivity contribution in [3.05, 3.63) is 47.3 Å². The zero-order valence-electron chi connectivity index (χ0n) is 10.2. The number of aromatic nitrogens is 2. The van der Waals surface area contributed by atoms with E-state index in [4.69, 9.17) is 5.11 Å². The number of carboxylic acid groups (broad SMARTS) is 1. The molecule has 19 heavy (non-hydrogen) atoms. The van der Waals surface area contributed by atoms with Gasteiger partial charge in [0.15, 0.2) is 0 Å². The van der Waals surface area contributed by atoms with Crippen LogP contribution in [-0.4, -0.2) is 21.0 Å². The summed E-state index contributed by atoms with van der Waals surface area (Å²) < 4.78 is 0. The van der Waals surface area contributed by atoms with E-state index in [1.165, 1.54) is 35.6 Å². The van der Waals surface area contributed by atoms with Crippen LogP contribution in [0.15, 0.2) is 40.5 Å². The Kier molecular flexibility index (Phi) is 3.21. The van der Waals surface area contributed by atoms with E-state index in [1.807, 2.05) is 6.07 Å². The first-order valence-electron chi connectivity index (χ1n) is 6.08. The fourth-order valence-electron chi connectivity index (χ4n) is 2.13. The molecule has 2 heterocycles. The Morgan fingerprint density at radius 2 is 2.00 bits per heavy atom. The summed E-state index contributed by atoms with van der Waals surface area (Å²) in [6, 6.07) is 7.40. The molecule has 0 spiro atoms. The van der Waals surface area contributed by atoms with Crippen molar-refractivity contribution in [2.75, 3.05) is 0 Å². The van der Waals surface area contributed by atoms with Crippen LogP contribution >= 0.6 is 11.8 Å². The minimum atomic E-state index is -0.959. The van der Waals surface area contributed by atoms with E-state index >= 15 is 0 Å². The van der Waals surface area contributed by atoms with E-state index in [0.29, 0.717) is 0 Å². The van der Waals surface area contributed by atoms with Crippen molar-refractivity contribution >= 4 is 17.7 Å². The van der Waals surface area contributed by atoms with Gasteiger partial charge in [0.25, 0.3) is 0 Å². The van der Waals surface area contributed by atoms with Gasteiger partial charge in [-0.05, 0) is 43.0 Å². The minimum Gasteiger partial charge on any atom is -0.478 e. The molecular formula is C14H12N2O2S. The number of pyridine rings is 2. The Labute approximate surface area is 114 Å². The van der Waals surface area contributed by atoms with Gasteiger partial charge in [0, 0.05) is 11.9 Å². The van der Waals surface area contributed by atoms with Crippen molar-refractivity contribution < 1.29 is 9.90 Å². The molecule has 0 radical (unpaired) electrons. The second-order valence-corrected chi connectivity index (χ2v) is 5.44. The molecule has 0 amide bonds. The molecule has 2 aromatic rings. The van der Waals surface area contributed by atoms with Crippen molar-refractivity contribution in [1.82, 2.24) is 9.97 Å². The van der Waals surface area contributed by atoms with Gasteiger partial charge in [-0.1, -0.05) is 17.8 Å². The zero-order valence-corrected chi connectivity index (χ0v) is 11.0. The summed E-state index contributed by atoms with van der Waals surface area (Å²) in [5.41, 5.74) is 2.73. The van der Waals surface area contributed by atoms with Crippen LogP contribution in [0.4, 0.5) is 0 Å². The predicted octanol–water partition coefficient (Wildman–Crippen LogP) is 2.81. The van der Waals surface area contributed by atoms with Crippen LogP contribution in [0.2, 0.25) is 0 Å². The van der Waals surface area contributed by atoms with Gasteiger partial charge in [0.2, 0.25) is 0 Å². The highest BCUT2D eigenvalue weighted by Gasteiger charge is 2.13. The van der Waals surface area contributed by atoms with Crippen LogP contribution in [0.25, 0.3) is 0 Å². The third-order valence-corrected chi connectivity index (χ3v) is 3.98. The van der Waals surface area contributed by atoms with Crippen LogP contribution in [0, 0.1) is 0 Å². The maximum Gasteiger partial charge on any atom is 0.337 e. The van der Waals surface area contributed by atoms with Crippen molar-refractivity contribution in [3.8, 4) is 0 Å². The number of hydrogen-bond acceptors (Lipinski definition) is 4. The van der Waals surface area contributed by atoms with Crippen LogP contribution in [0.5, 0.6) is 0 Å². The zero-order chi connectivity index (χ0) is 13.2. The first kappa shape index (κ1) is 12.2. The van der Waals surface area contributed by atoms with Crippen molar-refractivity contribution in [3.63, 3.8) is 0 Å². The molecule has 3 rings (SSSR count). The molecule has 96 valence electrons. The minimum absolute atomic E-state index is 0.200. The molecule has 1 aliphatic carbocycles. The van der Waals surface area contributed by atoms with Gasteiger partial charge in [-0.25, -0.2) is 14.8 Å². The van der Waals surface area contributed by atoms with Gasteiger partial charge in [-0.2, -0.15) is 0 Å². The highest BCUT2D eigenvalue weighted by atomic mass is 32.2. The van der Waals surface area contributed by atoms with Gasteiger partial charge < -0.3 is 5.11 Å². The highest BCUT2D eigenvalue weighted by molar-refractivity contribution is 7.99. The van der Waals surface area contributed by atoms with Crippen LogP contribution in [-0.2, 0) is 12.8 Å². The molecular weight excluding hydrogens is 260 g/mol. The third-order valence-electron chi connectivity index (χ3n) is 3.10. The molecule has 1 aliphatic rings. The molecule has 4 nitrogen and oxygen atoms in total. The number of carboxylic acids is 1. The molecule has 0 saturated carbocycles. The second-order valence-electron chi connectivity index (χ2n) is 4.40. The topological polar surface area (TPSA) is 63.1 Å². The maximum absolute atomic E-state index is 10.7. The van der Waals surface area contributed by atoms with E-state index in [2.05, 4.69) is 16.0 Å². The first-order valence-corrected chi connectivity index (χ1v) is 6.90. The number of rotatable bonds is 3. The van der Waals surface area contributed by atoms with Crippen molar-refractivity contribution in [1.29, 1.82) is 0 Å². The normalized spacial score (nSPS) is 13.3. The number of fused-ring (bicyclic) bond motifs is 1. The molecule has 0 aliphatic heterocycles. The summed E-state index contributed by atoms with van der Waals surface area (Å²) >= 11 is 1.46. The Bertz CT molecular complexity index is 626. The summed E-state index contributed by atoms with van der Waals surface area (Å²) in [6.07, 6.45) is 4.73. The second kappa shape index (κ2) is 5.01. The number of hydrogen-bond donors (Lipinski definition) is 1. The number of carbonyl (C=O) groups is 1. The van der Waals surface area contributed by atoms with Crippen LogP contribution in [0.3, 0.4) is 0 Å². The quantitative estimate of drug-likeness (QED) is 0.930. The largest absolute Gasteiger partial charge is 0.478 e. The van der Waals surface area contributed by atoms with Crippen LogP contribution in [0.1, 0.15) is 28.0 Å². The number of aromatic carboxylic acids is 1. The summed E-state index contributed by atoms with van der Waals surface area (Å²) in [5, 5.41) is 10.5. The fourth-order valence-corrected chi connectivity index (χ4v) is 2.88. The monoisotopic (exact) mass is 272 g/mol. The van der Waals surface area contributed by atoms with Crippen molar-refractivity contribution in [2.24, 2.45) is 0 Å². The van der Waals surface area contributed by atoms with E-state index in [9.17, 15) is 4.79 Å². The standard InChI is InChI=1S/C14H12N2O2S/c17-14(18)10-5-6-12(15-8-10)19-13-7-4-9-2-1-3-11(9)16-13/h4-8H,1-3H2,(H,17,18). The fraction of sp³-hybridized carbons (Fsp3) is 0.214. The average Bonchev–Trinajstić information content (AvgIpc) is 2.87. The summed E-state index contributed by atoms with van der Waals surface area (Å²) in [5.74, 6) is -0.959. The third kappa shape index (κ3) is 2.61. The lowest BCUT2D eigenvalue weighted by Gasteiger charge is -2.03. The molecule has 0 saturated heterocycles. The lowest BCUT2D eigenvalue weighted by atomic mass is 10.2. The molecule has 0 atom stereocenters. The number of aryl methyl sites for hydroxylation is 2. The van der Waals surface area contributed by atoms with Crippen molar-refractivity contribution in [2.45, 2.75) is 29.3 Å². The molecule has 0 bridgehead atoms. The van der Waals surface area contributed by atoms with Gasteiger partial charge in [-0.15, -0.1) is 0 Å².